The molecule has 3 N–H and O–H groups in total. The van der Waals surface area contributed by atoms with Crippen molar-refractivity contribution in [2.75, 3.05) is 18.5 Å². The Bertz CT molecular complexity index is 487. The highest BCUT2D eigenvalue weighted by Gasteiger charge is 2.36. The van der Waals surface area contributed by atoms with E-state index in [1.54, 1.807) is 24.3 Å². The average Bonchev–Trinajstić information content (AvgIpc) is 2.40. The first-order valence-corrected chi connectivity index (χ1v) is 5.83. The Morgan fingerprint density at radius 3 is 2.72 bits per heavy atom. The number of rotatable bonds is 2. The first-order valence-electron chi connectivity index (χ1n) is 5.83. The van der Waals surface area contributed by atoms with Crippen molar-refractivity contribution >= 4 is 11.6 Å². The van der Waals surface area contributed by atoms with E-state index in [1.807, 2.05) is 6.07 Å². The molecule has 0 saturated carbocycles. The number of nitrogens with zero attached hydrogens (tertiary/aromatic N) is 1. The van der Waals surface area contributed by atoms with Crippen molar-refractivity contribution in [2.24, 2.45) is 5.73 Å². The van der Waals surface area contributed by atoms with Gasteiger partial charge >= 0.3 is 0 Å². The average molecular weight is 245 g/mol. The summed E-state index contributed by atoms with van der Waals surface area (Å²) in [6.07, 6.45) is 0.987. The quantitative estimate of drug-likeness (QED) is 0.813. The van der Waals surface area contributed by atoms with Crippen molar-refractivity contribution in [3.63, 3.8) is 0 Å². The minimum Gasteiger partial charge on any atom is -0.381 e. The molecular weight excluding hydrogens is 230 g/mol. The van der Waals surface area contributed by atoms with Crippen molar-refractivity contribution in [3.8, 4) is 6.07 Å². The summed E-state index contributed by atoms with van der Waals surface area (Å²) in [5, 5.41) is 11.7. The summed E-state index contributed by atoms with van der Waals surface area (Å²) in [6, 6.07) is 8.90. The number of hydrogen-bond donors (Lipinski definition) is 2. The van der Waals surface area contributed by atoms with E-state index in [9.17, 15) is 4.79 Å². The second-order valence-corrected chi connectivity index (χ2v) is 4.38. The monoisotopic (exact) mass is 245 g/mol. The van der Waals surface area contributed by atoms with Gasteiger partial charge in [-0.05, 0) is 25.0 Å². The molecule has 1 heterocycles. The fourth-order valence-corrected chi connectivity index (χ4v) is 1.90. The summed E-state index contributed by atoms with van der Waals surface area (Å²) in [6.45, 7) is 0.980. The molecule has 0 spiro atoms. The molecule has 0 atom stereocenters. The lowest BCUT2D eigenvalue weighted by atomic mass is 9.90. The minimum absolute atomic E-state index is 0.256. The van der Waals surface area contributed by atoms with Gasteiger partial charge in [-0.3, -0.25) is 4.79 Å². The minimum atomic E-state index is -0.902. The second-order valence-electron chi connectivity index (χ2n) is 4.38. The summed E-state index contributed by atoms with van der Waals surface area (Å²) in [5.74, 6) is -0.256. The molecule has 0 bridgehead atoms. The number of nitrogens with two attached hydrogens (primary N) is 1. The maximum atomic E-state index is 12.2. The van der Waals surface area contributed by atoms with E-state index in [0.717, 1.165) is 0 Å². The molecule has 0 unspecified atom stereocenters. The van der Waals surface area contributed by atoms with Gasteiger partial charge in [0, 0.05) is 13.2 Å². The largest absolute Gasteiger partial charge is 0.381 e. The first kappa shape index (κ1) is 12.6. The summed E-state index contributed by atoms with van der Waals surface area (Å²) in [4.78, 5) is 12.2. The molecule has 5 nitrogen and oxygen atoms in total. The molecule has 1 amide bonds. The van der Waals surface area contributed by atoms with Gasteiger partial charge in [0.15, 0.2) is 0 Å². The van der Waals surface area contributed by atoms with Crippen LogP contribution in [0.3, 0.4) is 0 Å². The van der Waals surface area contributed by atoms with E-state index >= 15 is 0 Å². The molecule has 2 rings (SSSR count). The van der Waals surface area contributed by atoms with Crippen LogP contribution in [-0.2, 0) is 9.53 Å². The smallest absolute Gasteiger partial charge is 0.244 e. The van der Waals surface area contributed by atoms with Crippen LogP contribution in [0.25, 0.3) is 0 Å². The number of nitrogens with one attached hydrogen (secondary N) is 1. The van der Waals surface area contributed by atoms with Crippen LogP contribution < -0.4 is 11.1 Å². The number of carbonyl (C=O) groups is 1. The van der Waals surface area contributed by atoms with Crippen molar-refractivity contribution < 1.29 is 9.53 Å². The number of nitriles is 1. The van der Waals surface area contributed by atoms with Gasteiger partial charge in [-0.2, -0.15) is 5.26 Å². The molecule has 1 aromatic carbocycles. The zero-order valence-electron chi connectivity index (χ0n) is 9.98. The molecule has 0 radical (unpaired) electrons. The lowest BCUT2D eigenvalue weighted by Crippen LogP contribution is -2.54. The third-order valence-electron chi connectivity index (χ3n) is 3.13. The second kappa shape index (κ2) is 5.17. The van der Waals surface area contributed by atoms with E-state index in [2.05, 4.69) is 5.32 Å². The summed E-state index contributed by atoms with van der Waals surface area (Å²) < 4.78 is 5.20. The maximum absolute atomic E-state index is 12.2. The van der Waals surface area contributed by atoms with E-state index in [1.165, 1.54) is 0 Å². The van der Waals surface area contributed by atoms with Crippen LogP contribution in [0.15, 0.2) is 24.3 Å². The number of amides is 1. The molecule has 0 aliphatic carbocycles. The summed E-state index contributed by atoms with van der Waals surface area (Å²) in [5.41, 5.74) is 6.10. The van der Waals surface area contributed by atoms with Crippen molar-refractivity contribution in [3.05, 3.63) is 29.8 Å². The third-order valence-corrected chi connectivity index (χ3v) is 3.13. The number of carbonyl (C=O) groups excluding carboxylic acids is 1. The molecule has 1 fully saturated rings. The lowest BCUT2D eigenvalue weighted by Gasteiger charge is -2.31. The summed E-state index contributed by atoms with van der Waals surface area (Å²) >= 11 is 0. The number of para-hydroxylation sites is 1. The van der Waals surface area contributed by atoms with Crippen LogP contribution in [0.1, 0.15) is 18.4 Å². The Kier molecular flexibility index (Phi) is 3.60. The molecule has 18 heavy (non-hydrogen) atoms. The van der Waals surface area contributed by atoms with Gasteiger partial charge in [-0.15, -0.1) is 0 Å². The van der Waals surface area contributed by atoms with Crippen LogP contribution in [0.5, 0.6) is 0 Å². The molecular formula is C13H15N3O2. The number of benzene rings is 1. The molecule has 94 valence electrons. The van der Waals surface area contributed by atoms with E-state index in [-0.39, 0.29) is 5.91 Å². The highest BCUT2D eigenvalue weighted by atomic mass is 16.5. The topological polar surface area (TPSA) is 88.1 Å². The van der Waals surface area contributed by atoms with Crippen molar-refractivity contribution in [1.82, 2.24) is 0 Å². The Labute approximate surface area is 106 Å². The highest BCUT2D eigenvalue weighted by molar-refractivity contribution is 5.98. The summed E-state index contributed by atoms with van der Waals surface area (Å²) in [7, 11) is 0. The Morgan fingerprint density at radius 2 is 2.06 bits per heavy atom. The molecule has 1 aliphatic heterocycles. The lowest BCUT2D eigenvalue weighted by molar-refractivity contribution is -0.124. The fourth-order valence-electron chi connectivity index (χ4n) is 1.90. The van der Waals surface area contributed by atoms with Crippen LogP contribution in [0.4, 0.5) is 5.69 Å². The predicted octanol–water partition coefficient (Wildman–Crippen LogP) is 1.00. The van der Waals surface area contributed by atoms with Gasteiger partial charge < -0.3 is 15.8 Å². The molecule has 1 aliphatic rings. The Morgan fingerprint density at radius 1 is 1.39 bits per heavy atom. The van der Waals surface area contributed by atoms with Crippen molar-refractivity contribution in [2.45, 2.75) is 18.4 Å². The van der Waals surface area contributed by atoms with Crippen LogP contribution in [-0.4, -0.2) is 24.7 Å². The van der Waals surface area contributed by atoms with Crippen molar-refractivity contribution in [1.29, 1.82) is 5.26 Å². The number of hydrogen-bond acceptors (Lipinski definition) is 4. The van der Waals surface area contributed by atoms with Crippen LogP contribution in [0, 0.1) is 11.3 Å². The van der Waals surface area contributed by atoms with Gasteiger partial charge in [-0.1, -0.05) is 12.1 Å². The molecule has 0 aromatic heterocycles. The maximum Gasteiger partial charge on any atom is 0.244 e. The van der Waals surface area contributed by atoms with E-state index < -0.39 is 5.54 Å². The Balaban J connectivity index is 2.14. The Hall–Kier alpha value is -1.90. The van der Waals surface area contributed by atoms with E-state index in [4.69, 9.17) is 15.7 Å². The third kappa shape index (κ3) is 2.50. The van der Waals surface area contributed by atoms with Gasteiger partial charge in [0.25, 0.3) is 0 Å². The SMILES string of the molecule is N#Cc1ccccc1NC(=O)C1(N)CCOCC1. The van der Waals surface area contributed by atoms with Gasteiger partial charge in [0.05, 0.1) is 11.3 Å². The predicted molar refractivity (Wildman–Crippen MR) is 66.8 cm³/mol. The molecule has 1 saturated heterocycles. The van der Waals surface area contributed by atoms with Gasteiger partial charge in [-0.25, -0.2) is 0 Å². The standard InChI is InChI=1S/C13H15N3O2/c14-9-10-3-1-2-4-11(10)16-12(17)13(15)5-7-18-8-6-13/h1-4H,5-8,15H2,(H,16,17). The van der Waals surface area contributed by atoms with Crippen LogP contribution in [0.2, 0.25) is 0 Å². The van der Waals surface area contributed by atoms with Gasteiger partial charge in [0.2, 0.25) is 5.91 Å². The normalized spacial score (nSPS) is 17.8. The fraction of sp³-hybridized carbons (Fsp3) is 0.385. The number of ether oxygens (including phenoxy) is 1. The van der Waals surface area contributed by atoms with Gasteiger partial charge in [0.1, 0.15) is 11.6 Å². The zero-order chi connectivity index (χ0) is 13.0. The van der Waals surface area contributed by atoms with E-state index in [0.29, 0.717) is 37.3 Å². The number of anilines is 1. The molecule has 5 heteroatoms. The highest BCUT2D eigenvalue weighted by Crippen LogP contribution is 2.21. The zero-order valence-corrected chi connectivity index (χ0v) is 9.98. The van der Waals surface area contributed by atoms with Crippen LogP contribution >= 0.6 is 0 Å². The first-order chi connectivity index (χ1) is 8.65. The molecule has 1 aromatic rings.